The van der Waals surface area contributed by atoms with Crippen molar-refractivity contribution in [1.82, 2.24) is 5.32 Å². The van der Waals surface area contributed by atoms with Gasteiger partial charge in [0, 0.05) is 16.1 Å². The Bertz CT molecular complexity index is 1600. The van der Waals surface area contributed by atoms with Gasteiger partial charge in [-0.25, -0.2) is 0 Å². The van der Waals surface area contributed by atoms with Gasteiger partial charge in [-0.2, -0.15) is 0 Å². The molecule has 0 atom stereocenters. The van der Waals surface area contributed by atoms with Crippen LogP contribution in [0.1, 0.15) is 22.8 Å². The molecule has 3 amide bonds. The van der Waals surface area contributed by atoms with Crippen LogP contribution in [0.25, 0.3) is 6.08 Å². The molecule has 0 aromatic heterocycles. The first kappa shape index (κ1) is 30.7. The van der Waals surface area contributed by atoms with E-state index in [1.807, 2.05) is 19.1 Å². The smallest absolute Gasteiger partial charge is 0.272 e. The molecule has 0 bridgehead atoms. The van der Waals surface area contributed by atoms with Crippen molar-refractivity contribution in [2.75, 3.05) is 23.0 Å². The third-order valence-electron chi connectivity index (χ3n) is 5.75. The molecule has 0 aliphatic rings. The highest BCUT2D eigenvalue weighted by molar-refractivity contribution is 8.00. The first-order valence-electron chi connectivity index (χ1n) is 12.9. The van der Waals surface area contributed by atoms with Crippen molar-refractivity contribution in [3.05, 3.63) is 124 Å². The Hall–Kier alpha value is -4.24. The predicted octanol–water partition coefficient (Wildman–Crippen LogP) is 7.53. The quantitative estimate of drug-likeness (QED) is 0.119. The van der Waals surface area contributed by atoms with Crippen LogP contribution in [0, 0.1) is 0 Å². The SMILES string of the molecule is CCOc1ccccc1NC(=O)CSc1ccc(NC(=O)/C(=C/c2cccc(Cl)c2Cl)NC(=O)c2ccccc2)cc1. The van der Waals surface area contributed by atoms with Crippen molar-refractivity contribution in [3.63, 3.8) is 0 Å². The summed E-state index contributed by atoms with van der Waals surface area (Å²) >= 11 is 13.8. The van der Waals surface area contributed by atoms with Gasteiger partial charge in [-0.3, -0.25) is 14.4 Å². The molecular weight excluding hydrogens is 593 g/mol. The monoisotopic (exact) mass is 619 g/mol. The fourth-order valence-electron chi connectivity index (χ4n) is 3.75. The fraction of sp³-hybridized carbons (Fsp3) is 0.0938. The minimum absolute atomic E-state index is 0.0181. The highest BCUT2D eigenvalue weighted by Gasteiger charge is 2.16. The number of nitrogens with one attached hydrogen (secondary N) is 3. The Morgan fingerprint density at radius 3 is 2.29 bits per heavy atom. The number of ether oxygens (including phenoxy) is 1. The van der Waals surface area contributed by atoms with Crippen LogP contribution in [0.15, 0.2) is 108 Å². The van der Waals surface area contributed by atoms with Crippen molar-refractivity contribution < 1.29 is 19.1 Å². The molecule has 0 saturated carbocycles. The summed E-state index contributed by atoms with van der Waals surface area (Å²) in [6, 6.07) is 27.8. The lowest BCUT2D eigenvalue weighted by molar-refractivity contribution is -0.114. The van der Waals surface area contributed by atoms with E-state index in [9.17, 15) is 14.4 Å². The van der Waals surface area contributed by atoms with Gasteiger partial charge in [0.05, 0.1) is 28.1 Å². The normalized spacial score (nSPS) is 11.0. The van der Waals surface area contributed by atoms with Crippen LogP contribution in [0.4, 0.5) is 11.4 Å². The highest BCUT2D eigenvalue weighted by atomic mass is 35.5. The molecule has 214 valence electrons. The molecule has 4 aromatic rings. The van der Waals surface area contributed by atoms with Crippen molar-refractivity contribution in [3.8, 4) is 5.75 Å². The van der Waals surface area contributed by atoms with Crippen LogP contribution in [0.3, 0.4) is 0 Å². The average molecular weight is 621 g/mol. The van der Waals surface area contributed by atoms with E-state index in [1.165, 1.54) is 17.8 Å². The van der Waals surface area contributed by atoms with Gasteiger partial charge in [0.15, 0.2) is 0 Å². The second-order valence-corrected chi connectivity index (χ2v) is 10.6. The maximum Gasteiger partial charge on any atom is 0.272 e. The topological polar surface area (TPSA) is 96.5 Å². The van der Waals surface area contributed by atoms with E-state index in [4.69, 9.17) is 27.9 Å². The third kappa shape index (κ3) is 8.63. The zero-order chi connectivity index (χ0) is 29.9. The average Bonchev–Trinajstić information content (AvgIpc) is 3.00. The second-order valence-electron chi connectivity index (χ2n) is 8.77. The second kappa shape index (κ2) is 15.1. The van der Waals surface area contributed by atoms with Gasteiger partial charge in [-0.1, -0.05) is 65.7 Å². The van der Waals surface area contributed by atoms with E-state index in [2.05, 4.69) is 16.0 Å². The van der Waals surface area contributed by atoms with Gasteiger partial charge in [0.25, 0.3) is 11.8 Å². The molecule has 0 aliphatic heterocycles. The summed E-state index contributed by atoms with van der Waals surface area (Å²) < 4.78 is 5.55. The Balaban J connectivity index is 1.42. The van der Waals surface area contributed by atoms with Crippen LogP contribution < -0.4 is 20.7 Å². The minimum Gasteiger partial charge on any atom is -0.492 e. The molecule has 7 nitrogen and oxygen atoms in total. The first-order chi connectivity index (χ1) is 20.3. The molecule has 3 N–H and O–H groups in total. The van der Waals surface area contributed by atoms with Gasteiger partial charge >= 0.3 is 0 Å². The van der Waals surface area contributed by atoms with E-state index < -0.39 is 11.8 Å². The predicted molar refractivity (Wildman–Crippen MR) is 170 cm³/mol. The number of carbonyl (C=O) groups excluding carboxylic acids is 3. The Morgan fingerprint density at radius 1 is 0.833 bits per heavy atom. The van der Waals surface area contributed by atoms with Gasteiger partial charge in [0.2, 0.25) is 5.91 Å². The van der Waals surface area contributed by atoms with E-state index in [0.29, 0.717) is 39.9 Å². The van der Waals surface area contributed by atoms with Crippen LogP contribution in [0.2, 0.25) is 10.0 Å². The van der Waals surface area contributed by atoms with E-state index in [1.54, 1.807) is 84.9 Å². The Kier molecular flexibility index (Phi) is 11.1. The van der Waals surface area contributed by atoms with Crippen molar-refractivity contribution in [1.29, 1.82) is 0 Å². The number of hydrogen-bond acceptors (Lipinski definition) is 5. The van der Waals surface area contributed by atoms with Crippen LogP contribution in [-0.2, 0) is 9.59 Å². The maximum absolute atomic E-state index is 13.3. The highest BCUT2D eigenvalue weighted by Crippen LogP contribution is 2.28. The maximum atomic E-state index is 13.3. The number of hydrogen-bond donors (Lipinski definition) is 3. The van der Waals surface area contributed by atoms with E-state index in [-0.39, 0.29) is 22.4 Å². The fourth-order valence-corrected chi connectivity index (χ4v) is 4.81. The van der Waals surface area contributed by atoms with E-state index in [0.717, 1.165) is 4.90 Å². The molecule has 42 heavy (non-hydrogen) atoms. The molecule has 0 unspecified atom stereocenters. The number of amides is 3. The molecule has 0 radical (unpaired) electrons. The summed E-state index contributed by atoms with van der Waals surface area (Å²) in [5.41, 5.74) is 1.95. The summed E-state index contributed by atoms with van der Waals surface area (Å²) in [7, 11) is 0. The lowest BCUT2D eigenvalue weighted by atomic mass is 10.1. The van der Waals surface area contributed by atoms with Crippen molar-refractivity contribution in [2.24, 2.45) is 0 Å². The molecular formula is C32H27Cl2N3O4S. The van der Waals surface area contributed by atoms with Gasteiger partial charge in [-0.05, 0) is 73.2 Å². The lowest BCUT2D eigenvalue weighted by Crippen LogP contribution is -2.30. The number of anilines is 2. The molecule has 4 aromatic carbocycles. The minimum atomic E-state index is -0.553. The zero-order valence-electron chi connectivity index (χ0n) is 22.5. The number of rotatable bonds is 11. The Labute approximate surface area is 258 Å². The van der Waals surface area contributed by atoms with Crippen LogP contribution in [0.5, 0.6) is 5.75 Å². The molecule has 4 rings (SSSR count). The zero-order valence-corrected chi connectivity index (χ0v) is 24.9. The van der Waals surface area contributed by atoms with Crippen LogP contribution in [-0.4, -0.2) is 30.1 Å². The number of halogens is 2. The van der Waals surface area contributed by atoms with E-state index >= 15 is 0 Å². The van der Waals surface area contributed by atoms with Gasteiger partial charge in [0.1, 0.15) is 11.4 Å². The third-order valence-corrected chi connectivity index (χ3v) is 7.60. The lowest BCUT2D eigenvalue weighted by Gasteiger charge is -2.13. The first-order valence-corrected chi connectivity index (χ1v) is 14.7. The van der Waals surface area contributed by atoms with Crippen LogP contribution >= 0.6 is 35.0 Å². The molecule has 0 heterocycles. The standard InChI is InChI=1S/C32H27Cl2N3O4S/c1-2-41-28-14-7-6-13-26(28)36-29(38)20-42-24-17-15-23(16-18-24)35-32(40)27(19-22-11-8-12-25(33)30(22)34)37-31(39)21-9-4-3-5-10-21/h3-19H,2,20H2,1H3,(H,35,40)(H,36,38)(H,37,39)/b27-19-. The summed E-state index contributed by atoms with van der Waals surface area (Å²) in [6.07, 6.45) is 1.47. The molecule has 0 spiro atoms. The molecule has 0 saturated heterocycles. The molecule has 0 fully saturated rings. The molecule has 0 aliphatic carbocycles. The summed E-state index contributed by atoms with van der Waals surface area (Å²) in [4.78, 5) is 39.5. The summed E-state index contributed by atoms with van der Waals surface area (Å²) in [5.74, 6) is -0.380. The number of thioether (sulfide) groups is 1. The number of carbonyl (C=O) groups is 3. The number of benzene rings is 4. The molecule has 10 heteroatoms. The van der Waals surface area contributed by atoms with Crippen molar-refractivity contribution in [2.45, 2.75) is 11.8 Å². The van der Waals surface area contributed by atoms with Gasteiger partial charge < -0.3 is 20.7 Å². The number of para-hydroxylation sites is 2. The largest absolute Gasteiger partial charge is 0.492 e. The van der Waals surface area contributed by atoms with Crippen molar-refractivity contribution >= 4 is 70.1 Å². The summed E-state index contributed by atoms with van der Waals surface area (Å²) in [6.45, 7) is 2.38. The van der Waals surface area contributed by atoms with Gasteiger partial charge in [-0.15, -0.1) is 11.8 Å². The summed E-state index contributed by atoms with van der Waals surface area (Å²) in [5, 5.41) is 8.92. The Morgan fingerprint density at radius 2 is 1.55 bits per heavy atom.